The monoisotopic (exact) mass is 263 g/mol. The van der Waals surface area contributed by atoms with Gasteiger partial charge in [-0.3, -0.25) is 4.79 Å². The first-order valence-corrected chi connectivity index (χ1v) is 6.46. The van der Waals surface area contributed by atoms with E-state index in [1.807, 2.05) is 0 Å². The van der Waals surface area contributed by atoms with Gasteiger partial charge in [-0.05, 0) is 38.6 Å². The van der Waals surface area contributed by atoms with E-state index in [2.05, 4.69) is 0 Å². The second-order valence-corrected chi connectivity index (χ2v) is 4.07. The number of hydrogen-bond donors (Lipinski definition) is 3. The molecule has 0 fully saturated rings. The van der Waals surface area contributed by atoms with Crippen molar-refractivity contribution in [1.82, 2.24) is 0 Å². The minimum Gasteiger partial charge on any atom is -0.481 e. The summed E-state index contributed by atoms with van der Waals surface area (Å²) in [5.74, 6) is -0.845. The van der Waals surface area contributed by atoms with Gasteiger partial charge in [0.2, 0.25) is 0 Å². The van der Waals surface area contributed by atoms with Crippen LogP contribution in [-0.4, -0.2) is 48.8 Å². The molecule has 0 aliphatic rings. The van der Waals surface area contributed by atoms with Crippen molar-refractivity contribution in [2.24, 2.45) is 5.73 Å². The zero-order chi connectivity index (χ0) is 13.6. The molecular weight excluding hydrogens is 238 g/mol. The highest BCUT2D eigenvalue weighted by molar-refractivity contribution is 5.66. The Labute approximate surface area is 108 Å². The number of carboxylic acids is 1. The van der Waals surface area contributed by atoms with Crippen LogP contribution in [0.25, 0.3) is 0 Å². The van der Waals surface area contributed by atoms with Crippen LogP contribution in [0, 0.1) is 0 Å². The Balaban J connectivity index is 3.16. The van der Waals surface area contributed by atoms with E-state index in [1.165, 1.54) is 0 Å². The van der Waals surface area contributed by atoms with Crippen LogP contribution < -0.4 is 5.73 Å². The number of aliphatic carboxylic acids is 1. The van der Waals surface area contributed by atoms with Gasteiger partial charge in [-0.1, -0.05) is 0 Å². The summed E-state index contributed by atoms with van der Waals surface area (Å²) in [6, 6.07) is 0. The van der Waals surface area contributed by atoms with Gasteiger partial charge in [0.25, 0.3) is 0 Å². The zero-order valence-corrected chi connectivity index (χ0v) is 10.8. The molecular formula is C12H25NO5. The summed E-state index contributed by atoms with van der Waals surface area (Å²) in [6.07, 6.45) is 2.81. The molecule has 0 heterocycles. The van der Waals surface area contributed by atoms with Crippen molar-refractivity contribution in [3.63, 3.8) is 0 Å². The fourth-order valence-corrected chi connectivity index (χ4v) is 1.34. The van der Waals surface area contributed by atoms with Crippen LogP contribution >= 0.6 is 0 Å². The summed E-state index contributed by atoms with van der Waals surface area (Å²) in [5.41, 5.74) is 5.32. The van der Waals surface area contributed by atoms with Crippen molar-refractivity contribution >= 4 is 5.97 Å². The van der Waals surface area contributed by atoms with Gasteiger partial charge in [0, 0.05) is 19.6 Å². The first-order valence-electron chi connectivity index (χ1n) is 6.46. The Kier molecular flexibility index (Phi) is 12.3. The molecule has 0 aliphatic heterocycles. The maximum absolute atomic E-state index is 10.2. The molecule has 1 atom stereocenters. The Morgan fingerprint density at radius 2 is 1.83 bits per heavy atom. The molecule has 18 heavy (non-hydrogen) atoms. The predicted molar refractivity (Wildman–Crippen MR) is 67.2 cm³/mol. The number of carboxylic acid groups (broad SMARTS) is 1. The molecule has 0 amide bonds. The summed E-state index contributed by atoms with van der Waals surface area (Å²) in [7, 11) is 0. The third-order valence-corrected chi connectivity index (χ3v) is 2.33. The molecule has 0 saturated carbocycles. The highest BCUT2D eigenvalue weighted by Gasteiger charge is 2.04. The van der Waals surface area contributed by atoms with E-state index in [0.29, 0.717) is 32.6 Å². The van der Waals surface area contributed by atoms with Gasteiger partial charge >= 0.3 is 5.97 Å². The van der Waals surface area contributed by atoms with E-state index in [0.717, 1.165) is 19.3 Å². The number of aliphatic hydroxyl groups is 1. The van der Waals surface area contributed by atoms with E-state index < -0.39 is 12.3 Å². The topological polar surface area (TPSA) is 102 Å². The predicted octanol–water partition coefficient (Wildman–Crippen LogP) is 0.722. The molecule has 0 aromatic heterocycles. The second-order valence-electron chi connectivity index (χ2n) is 4.07. The van der Waals surface area contributed by atoms with Gasteiger partial charge in [-0.15, -0.1) is 0 Å². The highest BCUT2D eigenvalue weighted by Crippen LogP contribution is 2.04. The molecule has 0 spiro atoms. The maximum Gasteiger partial charge on any atom is 0.303 e. The zero-order valence-electron chi connectivity index (χ0n) is 10.8. The lowest BCUT2D eigenvalue weighted by atomic mass is 10.2. The third-order valence-electron chi connectivity index (χ3n) is 2.33. The number of rotatable bonds is 13. The molecule has 0 aromatic rings. The number of hydrogen-bond acceptors (Lipinski definition) is 5. The quantitative estimate of drug-likeness (QED) is 0.334. The SMILES string of the molecule is NCCCOCCCCC(O)OCCCC(=O)O. The Bertz CT molecular complexity index is 201. The third kappa shape index (κ3) is 13.4. The first kappa shape index (κ1) is 17.3. The maximum atomic E-state index is 10.2. The number of aliphatic hydroxyl groups excluding tert-OH is 1. The van der Waals surface area contributed by atoms with Crippen LogP contribution in [0.1, 0.15) is 38.5 Å². The average molecular weight is 263 g/mol. The van der Waals surface area contributed by atoms with Gasteiger partial charge in [-0.2, -0.15) is 0 Å². The Hall–Kier alpha value is -0.690. The molecule has 6 heteroatoms. The van der Waals surface area contributed by atoms with Gasteiger partial charge in [-0.25, -0.2) is 0 Å². The van der Waals surface area contributed by atoms with Crippen LogP contribution in [0.15, 0.2) is 0 Å². The molecule has 108 valence electrons. The number of carbonyl (C=O) groups is 1. The molecule has 0 radical (unpaired) electrons. The van der Waals surface area contributed by atoms with Crippen molar-refractivity contribution in [3.8, 4) is 0 Å². The van der Waals surface area contributed by atoms with Crippen molar-refractivity contribution < 1.29 is 24.5 Å². The van der Waals surface area contributed by atoms with Gasteiger partial charge < -0.3 is 25.4 Å². The number of unbranched alkanes of at least 4 members (excludes halogenated alkanes) is 1. The average Bonchev–Trinajstić information content (AvgIpc) is 2.33. The van der Waals surface area contributed by atoms with E-state index >= 15 is 0 Å². The van der Waals surface area contributed by atoms with E-state index in [9.17, 15) is 9.90 Å². The summed E-state index contributed by atoms with van der Waals surface area (Å²) in [6.45, 7) is 2.28. The minimum absolute atomic E-state index is 0.0711. The summed E-state index contributed by atoms with van der Waals surface area (Å²) < 4.78 is 10.4. The standard InChI is InChI=1S/C12H25NO5/c13-7-4-9-17-8-2-1-6-12(16)18-10-3-5-11(14)15/h12,16H,1-10,13H2,(H,14,15). The van der Waals surface area contributed by atoms with Crippen molar-refractivity contribution in [2.75, 3.05) is 26.4 Å². The molecule has 1 unspecified atom stereocenters. The van der Waals surface area contributed by atoms with Gasteiger partial charge in [0.15, 0.2) is 6.29 Å². The Morgan fingerprint density at radius 3 is 2.50 bits per heavy atom. The molecule has 6 nitrogen and oxygen atoms in total. The van der Waals surface area contributed by atoms with Gasteiger partial charge in [0.1, 0.15) is 0 Å². The van der Waals surface area contributed by atoms with Crippen molar-refractivity contribution in [2.45, 2.75) is 44.8 Å². The second kappa shape index (κ2) is 12.8. The lowest BCUT2D eigenvalue weighted by Gasteiger charge is -2.11. The van der Waals surface area contributed by atoms with Crippen LogP contribution in [0.3, 0.4) is 0 Å². The highest BCUT2D eigenvalue weighted by atomic mass is 16.6. The van der Waals surface area contributed by atoms with E-state index in [-0.39, 0.29) is 13.0 Å². The minimum atomic E-state index is -0.845. The molecule has 0 aromatic carbocycles. The van der Waals surface area contributed by atoms with Crippen LogP contribution in [0.4, 0.5) is 0 Å². The lowest BCUT2D eigenvalue weighted by Crippen LogP contribution is -2.13. The molecule has 0 rings (SSSR count). The van der Waals surface area contributed by atoms with E-state index in [1.54, 1.807) is 0 Å². The number of ether oxygens (including phenoxy) is 2. The van der Waals surface area contributed by atoms with Gasteiger partial charge in [0.05, 0.1) is 6.61 Å². The van der Waals surface area contributed by atoms with Crippen LogP contribution in [-0.2, 0) is 14.3 Å². The first-order chi connectivity index (χ1) is 8.66. The fourth-order valence-electron chi connectivity index (χ4n) is 1.34. The fraction of sp³-hybridized carbons (Fsp3) is 0.917. The molecule has 4 N–H and O–H groups in total. The molecule has 0 aliphatic carbocycles. The van der Waals surface area contributed by atoms with Crippen LogP contribution in [0.5, 0.6) is 0 Å². The molecule has 0 bridgehead atoms. The summed E-state index contributed by atoms with van der Waals surface area (Å²) in [4.78, 5) is 10.2. The van der Waals surface area contributed by atoms with E-state index in [4.69, 9.17) is 20.3 Å². The largest absolute Gasteiger partial charge is 0.481 e. The summed E-state index contributed by atoms with van der Waals surface area (Å²) in [5, 5.41) is 17.8. The lowest BCUT2D eigenvalue weighted by molar-refractivity contribution is -0.139. The van der Waals surface area contributed by atoms with Crippen LogP contribution in [0.2, 0.25) is 0 Å². The smallest absolute Gasteiger partial charge is 0.303 e. The summed E-state index contributed by atoms with van der Waals surface area (Å²) >= 11 is 0. The number of nitrogens with two attached hydrogens (primary N) is 1. The van der Waals surface area contributed by atoms with Crippen molar-refractivity contribution in [3.05, 3.63) is 0 Å². The van der Waals surface area contributed by atoms with Crippen molar-refractivity contribution in [1.29, 1.82) is 0 Å². The molecule has 0 saturated heterocycles. The normalized spacial score (nSPS) is 12.6. The Morgan fingerprint density at radius 1 is 1.11 bits per heavy atom.